The summed E-state index contributed by atoms with van der Waals surface area (Å²) in [6, 6.07) is 7.27. The van der Waals surface area contributed by atoms with Crippen LogP contribution in [0.5, 0.6) is 5.75 Å². The summed E-state index contributed by atoms with van der Waals surface area (Å²) in [4.78, 5) is 11.1. The first kappa shape index (κ1) is 12.7. The van der Waals surface area contributed by atoms with Crippen LogP contribution in [0.3, 0.4) is 0 Å². The molecule has 1 rings (SSSR count). The maximum atomic E-state index is 11.1. The fourth-order valence-electron chi connectivity index (χ4n) is 1.22. The van der Waals surface area contributed by atoms with Crippen molar-refractivity contribution in [3.63, 3.8) is 0 Å². The molecule has 0 aliphatic rings. The maximum absolute atomic E-state index is 11.1. The van der Waals surface area contributed by atoms with Crippen LogP contribution < -0.4 is 4.74 Å². The minimum absolute atomic E-state index is 0.0814. The second-order valence-corrected chi connectivity index (χ2v) is 4.94. The molecule has 0 bridgehead atoms. The average molecular weight is 222 g/mol. The van der Waals surface area contributed by atoms with Gasteiger partial charge in [-0.1, -0.05) is 0 Å². The second kappa shape index (κ2) is 5.12. The van der Waals surface area contributed by atoms with Gasteiger partial charge < -0.3 is 9.22 Å². The highest BCUT2D eigenvalue weighted by Crippen LogP contribution is 2.12. The number of nitrogens with zero attached hydrogens (tertiary/aromatic N) is 1. The van der Waals surface area contributed by atoms with Crippen molar-refractivity contribution in [1.82, 2.24) is 0 Å². The number of rotatable bonds is 5. The molecule has 0 aliphatic carbocycles. The molecule has 0 heterocycles. The first-order valence-electron chi connectivity index (χ1n) is 5.43. The molecule has 0 aliphatic heterocycles. The molecule has 0 fully saturated rings. The second-order valence-electron chi connectivity index (χ2n) is 4.94. The molecular formula is C13H20NO2+. The zero-order valence-corrected chi connectivity index (χ0v) is 10.5. The van der Waals surface area contributed by atoms with Gasteiger partial charge in [0.1, 0.15) is 18.9 Å². The standard InChI is InChI=1S/C13H20NO2/c1-11(15)12-5-7-13(8-6-12)16-10-9-14(2,3)4/h5-8H,9-10H2,1-4H3/q+1. The van der Waals surface area contributed by atoms with Gasteiger partial charge in [-0.25, -0.2) is 0 Å². The van der Waals surface area contributed by atoms with E-state index >= 15 is 0 Å². The average Bonchev–Trinajstić information content (AvgIpc) is 2.16. The van der Waals surface area contributed by atoms with E-state index in [1.54, 1.807) is 19.1 Å². The molecule has 3 heteroatoms. The van der Waals surface area contributed by atoms with Crippen molar-refractivity contribution in [1.29, 1.82) is 0 Å². The molecule has 0 spiro atoms. The third kappa shape index (κ3) is 4.45. The first-order chi connectivity index (χ1) is 7.38. The zero-order valence-electron chi connectivity index (χ0n) is 10.5. The Hall–Kier alpha value is -1.35. The Morgan fingerprint density at radius 2 is 1.75 bits per heavy atom. The van der Waals surface area contributed by atoms with Gasteiger partial charge >= 0.3 is 0 Å². The van der Waals surface area contributed by atoms with Gasteiger partial charge in [-0.15, -0.1) is 0 Å². The van der Waals surface area contributed by atoms with E-state index in [1.165, 1.54) is 0 Å². The van der Waals surface area contributed by atoms with E-state index in [0.29, 0.717) is 6.61 Å². The van der Waals surface area contributed by atoms with Crippen molar-refractivity contribution >= 4 is 5.78 Å². The third-order valence-corrected chi connectivity index (χ3v) is 2.29. The van der Waals surface area contributed by atoms with Crippen LogP contribution in [-0.4, -0.2) is 44.6 Å². The first-order valence-corrected chi connectivity index (χ1v) is 5.43. The Balaban J connectivity index is 2.47. The molecule has 0 aromatic heterocycles. The van der Waals surface area contributed by atoms with Crippen LogP contribution in [0.15, 0.2) is 24.3 Å². The van der Waals surface area contributed by atoms with Crippen LogP contribution >= 0.6 is 0 Å². The molecule has 1 aromatic rings. The van der Waals surface area contributed by atoms with E-state index in [0.717, 1.165) is 22.3 Å². The Morgan fingerprint density at radius 3 is 2.19 bits per heavy atom. The van der Waals surface area contributed by atoms with Gasteiger partial charge in [-0.05, 0) is 31.2 Å². The van der Waals surface area contributed by atoms with E-state index in [4.69, 9.17) is 4.74 Å². The fourth-order valence-corrected chi connectivity index (χ4v) is 1.22. The lowest BCUT2D eigenvalue weighted by Crippen LogP contribution is -2.38. The molecule has 16 heavy (non-hydrogen) atoms. The van der Waals surface area contributed by atoms with Crippen LogP contribution in [0.4, 0.5) is 0 Å². The van der Waals surface area contributed by atoms with E-state index in [-0.39, 0.29) is 5.78 Å². The number of hydrogen-bond donors (Lipinski definition) is 0. The normalized spacial score (nSPS) is 11.2. The minimum atomic E-state index is 0.0814. The van der Waals surface area contributed by atoms with Crippen molar-refractivity contribution in [3.8, 4) is 5.75 Å². The van der Waals surface area contributed by atoms with Crippen LogP contribution in [0, 0.1) is 0 Å². The van der Waals surface area contributed by atoms with Crippen molar-refractivity contribution in [3.05, 3.63) is 29.8 Å². The Kier molecular flexibility index (Phi) is 4.07. The van der Waals surface area contributed by atoms with Crippen LogP contribution in [0.25, 0.3) is 0 Å². The van der Waals surface area contributed by atoms with Crippen molar-refractivity contribution in [2.24, 2.45) is 0 Å². The molecule has 1 aromatic carbocycles. The van der Waals surface area contributed by atoms with Gasteiger partial charge in [0.2, 0.25) is 0 Å². The van der Waals surface area contributed by atoms with E-state index in [9.17, 15) is 4.79 Å². The summed E-state index contributed by atoms with van der Waals surface area (Å²) in [5.41, 5.74) is 0.721. The third-order valence-electron chi connectivity index (χ3n) is 2.29. The maximum Gasteiger partial charge on any atom is 0.159 e. The lowest BCUT2D eigenvalue weighted by atomic mass is 10.1. The summed E-state index contributed by atoms with van der Waals surface area (Å²) in [5, 5.41) is 0. The summed E-state index contributed by atoms with van der Waals surface area (Å²) in [6.45, 7) is 3.20. The Morgan fingerprint density at radius 1 is 1.19 bits per heavy atom. The Bertz CT molecular complexity index is 349. The highest BCUT2D eigenvalue weighted by molar-refractivity contribution is 5.94. The summed E-state index contributed by atoms with van der Waals surface area (Å²) >= 11 is 0. The largest absolute Gasteiger partial charge is 0.488 e. The lowest BCUT2D eigenvalue weighted by Gasteiger charge is -2.23. The summed E-state index contributed by atoms with van der Waals surface area (Å²) in [6.07, 6.45) is 0. The molecule has 0 N–H and O–H groups in total. The highest BCUT2D eigenvalue weighted by Gasteiger charge is 2.06. The number of ether oxygens (including phenoxy) is 1. The van der Waals surface area contributed by atoms with Gasteiger partial charge in [0, 0.05) is 5.56 Å². The monoisotopic (exact) mass is 222 g/mol. The minimum Gasteiger partial charge on any atom is -0.488 e. The summed E-state index contributed by atoms with van der Waals surface area (Å²) < 4.78 is 6.47. The number of carbonyl (C=O) groups is 1. The number of quaternary nitrogens is 1. The molecular weight excluding hydrogens is 202 g/mol. The van der Waals surface area contributed by atoms with Crippen LogP contribution in [0.2, 0.25) is 0 Å². The van der Waals surface area contributed by atoms with Gasteiger partial charge in [0.15, 0.2) is 5.78 Å². The predicted molar refractivity (Wildman–Crippen MR) is 64.8 cm³/mol. The molecule has 0 amide bonds. The smallest absolute Gasteiger partial charge is 0.159 e. The highest BCUT2D eigenvalue weighted by atomic mass is 16.5. The van der Waals surface area contributed by atoms with Gasteiger partial charge in [-0.2, -0.15) is 0 Å². The molecule has 88 valence electrons. The van der Waals surface area contributed by atoms with Crippen LogP contribution in [-0.2, 0) is 0 Å². The van der Waals surface area contributed by atoms with Crippen molar-refractivity contribution in [2.45, 2.75) is 6.92 Å². The van der Waals surface area contributed by atoms with Crippen molar-refractivity contribution in [2.75, 3.05) is 34.3 Å². The van der Waals surface area contributed by atoms with Gasteiger partial charge in [-0.3, -0.25) is 4.79 Å². The fraction of sp³-hybridized carbons (Fsp3) is 0.462. The SMILES string of the molecule is CC(=O)c1ccc(OCC[N+](C)(C)C)cc1. The number of benzene rings is 1. The number of Topliss-reactive ketones (excluding diaryl/α,β-unsaturated/α-hetero) is 1. The molecule has 0 radical (unpaired) electrons. The number of ketones is 1. The topological polar surface area (TPSA) is 26.3 Å². The van der Waals surface area contributed by atoms with Gasteiger partial charge in [0.25, 0.3) is 0 Å². The predicted octanol–water partition coefficient (Wildman–Crippen LogP) is 1.97. The summed E-state index contributed by atoms with van der Waals surface area (Å²) in [7, 11) is 6.38. The van der Waals surface area contributed by atoms with Gasteiger partial charge in [0.05, 0.1) is 21.1 Å². The number of hydrogen-bond acceptors (Lipinski definition) is 2. The number of carbonyl (C=O) groups excluding carboxylic acids is 1. The van der Waals surface area contributed by atoms with Crippen LogP contribution in [0.1, 0.15) is 17.3 Å². The lowest BCUT2D eigenvalue weighted by molar-refractivity contribution is -0.870. The van der Waals surface area contributed by atoms with E-state index in [1.807, 2.05) is 12.1 Å². The molecule has 0 saturated carbocycles. The zero-order chi connectivity index (χ0) is 12.2. The van der Waals surface area contributed by atoms with E-state index in [2.05, 4.69) is 21.1 Å². The number of likely N-dealkylation sites (N-methyl/N-ethyl adjacent to an activating group) is 1. The Labute approximate surface area is 97.2 Å². The quantitative estimate of drug-likeness (QED) is 0.562. The van der Waals surface area contributed by atoms with E-state index < -0.39 is 0 Å². The molecule has 0 unspecified atom stereocenters. The van der Waals surface area contributed by atoms with Crippen molar-refractivity contribution < 1.29 is 14.0 Å². The molecule has 3 nitrogen and oxygen atoms in total. The summed E-state index contributed by atoms with van der Waals surface area (Å²) in [5.74, 6) is 0.899. The molecule has 0 saturated heterocycles. The molecule has 0 atom stereocenters.